The highest BCUT2D eigenvalue weighted by atomic mass is 19.1. The van der Waals surface area contributed by atoms with E-state index in [9.17, 15) is 18.7 Å². The van der Waals surface area contributed by atoms with E-state index in [0.717, 1.165) is 23.5 Å². The van der Waals surface area contributed by atoms with E-state index in [1.165, 1.54) is 17.7 Å². The fourth-order valence-corrected chi connectivity index (χ4v) is 4.06. The van der Waals surface area contributed by atoms with Gasteiger partial charge < -0.3 is 19.0 Å². The van der Waals surface area contributed by atoms with Crippen molar-refractivity contribution in [2.24, 2.45) is 0 Å². The molecule has 8 heteroatoms. The molecular formula is C26H25F2N3O3. The Hall–Kier alpha value is -3.78. The summed E-state index contributed by atoms with van der Waals surface area (Å²) in [6.07, 6.45) is 3.87. The van der Waals surface area contributed by atoms with Gasteiger partial charge in [0.25, 0.3) is 5.56 Å². The molecule has 4 aromatic rings. The molecule has 0 fully saturated rings. The van der Waals surface area contributed by atoms with Crippen molar-refractivity contribution in [3.05, 3.63) is 111 Å². The number of hydrogen-bond acceptors (Lipinski definition) is 4. The number of aromatic nitrogens is 3. The Bertz CT molecular complexity index is 1410. The minimum Gasteiger partial charge on any atom is -0.495 e. The van der Waals surface area contributed by atoms with Crippen LogP contribution in [0.25, 0.3) is 5.69 Å². The molecule has 0 aliphatic heterocycles. The van der Waals surface area contributed by atoms with Crippen LogP contribution in [0.5, 0.6) is 5.75 Å². The molecule has 2 atom stereocenters. The summed E-state index contributed by atoms with van der Waals surface area (Å²) in [5.41, 5.74) is 2.61. The van der Waals surface area contributed by atoms with Crippen LogP contribution in [0.15, 0.2) is 66.0 Å². The van der Waals surface area contributed by atoms with Gasteiger partial charge in [-0.15, -0.1) is 0 Å². The molecule has 0 saturated carbocycles. The highest BCUT2D eigenvalue weighted by Crippen LogP contribution is 2.30. The second-order valence-electron chi connectivity index (χ2n) is 8.28. The molecule has 2 unspecified atom stereocenters. The Balaban J connectivity index is 1.75. The van der Waals surface area contributed by atoms with Gasteiger partial charge in [-0.1, -0.05) is 12.1 Å². The van der Waals surface area contributed by atoms with Crippen LogP contribution in [-0.2, 0) is 0 Å². The summed E-state index contributed by atoms with van der Waals surface area (Å²) >= 11 is 0. The number of rotatable bonds is 6. The maximum absolute atomic E-state index is 14.4. The Labute approximate surface area is 195 Å². The summed E-state index contributed by atoms with van der Waals surface area (Å²) in [4.78, 5) is 17.6. The van der Waals surface area contributed by atoms with Gasteiger partial charge in [-0.3, -0.25) is 4.79 Å². The summed E-state index contributed by atoms with van der Waals surface area (Å²) in [6.45, 7) is 5.31. The number of halogens is 2. The van der Waals surface area contributed by atoms with Gasteiger partial charge >= 0.3 is 0 Å². The number of nitrogens with zero attached hydrogens (tertiary/aromatic N) is 3. The van der Waals surface area contributed by atoms with Crippen molar-refractivity contribution in [3.63, 3.8) is 0 Å². The van der Waals surface area contributed by atoms with Crippen molar-refractivity contribution >= 4 is 0 Å². The molecule has 2 aromatic heterocycles. The average Bonchev–Trinajstić information content (AvgIpc) is 3.25. The lowest BCUT2D eigenvalue weighted by Gasteiger charge is -2.21. The Kier molecular flexibility index (Phi) is 6.34. The van der Waals surface area contributed by atoms with E-state index in [-0.39, 0.29) is 11.1 Å². The van der Waals surface area contributed by atoms with Gasteiger partial charge in [-0.05, 0) is 56.2 Å². The van der Waals surface area contributed by atoms with Gasteiger partial charge in [0.1, 0.15) is 23.5 Å². The number of aryl methyl sites for hydroxylation is 2. The summed E-state index contributed by atoms with van der Waals surface area (Å²) < 4.78 is 36.4. The third kappa shape index (κ3) is 4.36. The standard InChI is InChI=1S/C26H25F2N3O3/c1-15-9-21(26(33)31(12-15)17(3)20-7-6-19(27)11-22(20)28)25(32)18-5-8-23(24(10-18)34-4)30-13-16(2)29-14-30/h5-14,17,25,32H,1-4H3. The molecule has 6 nitrogen and oxygen atoms in total. The van der Waals surface area contributed by atoms with Crippen LogP contribution in [0, 0.1) is 25.5 Å². The summed E-state index contributed by atoms with van der Waals surface area (Å²) in [5, 5.41) is 11.1. The summed E-state index contributed by atoms with van der Waals surface area (Å²) in [7, 11) is 1.53. The molecule has 176 valence electrons. The number of aliphatic hydroxyl groups excluding tert-OH is 1. The molecule has 0 bridgehead atoms. The smallest absolute Gasteiger partial charge is 0.257 e. The van der Waals surface area contributed by atoms with Crippen molar-refractivity contribution in [1.29, 1.82) is 0 Å². The number of hydrogen-bond donors (Lipinski definition) is 1. The van der Waals surface area contributed by atoms with E-state index >= 15 is 0 Å². The minimum absolute atomic E-state index is 0.141. The van der Waals surface area contributed by atoms with Gasteiger partial charge in [0.2, 0.25) is 0 Å². The van der Waals surface area contributed by atoms with E-state index in [4.69, 9.17) is 4.74 Å². The second-order valence-corrected chi connectivity index (χ2v) is 8.28. The van der Waals surface area contributed by atoms with Crippen molar-refractivity contribution in [3.8, 4) is 11.4 Å². The van der Waals surface area contributed by atoms with Crippen LogP contribution < -0.4 is 10.3 Å². The minimum atomic E-state index is -1.24. The largest absolute Gasteiger partial charge is 0.495 e. The number of benzene rings is 2. The SMILES string of the molecule is COc1cc(C(O)c2cc(C)cn(C(C)c3ccc(F)cc3F)c2=O)ccc1-n1cnc(C)c1. The van der Waals surface area contributed by atoms with E-state index in [2.05, 4.69) is 4.98 Å². The molecule has 1 N–H and O–H groups in total. The lowest BCUT2D eigenvalue weighted by molar-refractivity contribution is 0.217. The fraction of sp³-hybridized carbons (Fsp3) is 0.231. The predicted octanol–water partition coefficient (Wildman–Crippen LogP) is 4.63. The molecule has 0 aliphatic rings. The first-order valence-corrected chi connectivity index (χ1v) is 10.7. The lowest BCUT2D eigenvalue weighted by atomic mass is 10.00. The van der Waals surface area contributed by atoms with Crippen molar-refractivity contribution in [2.45, 2.75) is 32.9 Å². The molecule has 34 heavy (non-hydrogen) atoms. The van der Waals surface area contributed by atoms with Crippen LogP contribution in [0.3, 0.4) is 0 Å². The van der Waals surface area contributed by atoms with Crippen molar-refractivity contribution in [1.82, 2.24) is 14.1 Å². The Morgan fingerprint density at radius 2 is 1.79 bits per heavy atom. The highest BCUT2D eigenvalue weighted by Gasteiger charge is 2.22. The first kappa shape index (κ1) is 23.4. The Morgan fingerprint density at radius 1 is 1.03 bits per heavy atom. The van der Waals surface area contributed by atoms with Gasteiger partial charge in [0, 0.05) is 24.0 Å². The number of methoxy groups -OCH3 is 1. The lowest BCUT2D eigenvalue weighted by Crippen LogP contribution is -2.29. The molecule has 0 amide bonds. The predicted molar refractivity (Wildman–Crippen MR) is 125 cm³/mol. The molecular weight excluding hydrogens is 440 g/mol. The van der Waals surface area contributed by atoms with Gasteiger partial charge in [0.15, 0.2) is 0 Å². The first-order chi connectivity index (χ1) is 16.2. The van der Waals surface area contributed by atoms with Gasteiger partial charge in [-0.2, -0.15) is 0 Å². The van der Waals surface area contributed by atoms with E-state index in [1.807, 2.05) is 17.7 Å². The quantitative estimate of drug-likeness (QED) is 0.451. The van der Waals surface area contributed by atoms with Crippen LogP contribution in [-0.4, -0.2) is 26.3 Å². The third-order valence-electron chi connectivity index (χ3n) is 5.84. The van der Waals surface area contributed by atoms with E-state index < -0.39 is 29.3 Å². The second kappa shape index (κ2) is 9.23. The molecule has 0 aliphatic carbocycles. The number of aliphatic hydroxyl groups is 1. The third-order valence-corrected chi connectivity index (χ3v) is 5.84. The average molecular weight is 466 g/mol. The molecule has 0 saturated heterocycles. The summed E-state index contributed by atoms with van der Waals surface area (Å²) in [5.74, 6) is -0.925. The molecule has 4 rings (SSSR count). The van der Waals surface area contributed by atoms with Crippen LogP contribution in [0.1, 0.15) is 47.0 Å². The normalized spacial score (nSPS) is 13.0. The topological polar surface area (TPSA) is 69.3 Å². The summed E-state index contributed by atoms with van der Waals surface area (Å²) in [6, 6.07) is 9.33. The Morgan fingerprint density at radius 3 is 2.44 bits per heavy atom. The van der Waals surface area contributed by atoms with Crippen LogP contribution in [0.4, 0.5) is 8.78 Å². The zero-order valence-corrected chi connectivity index (χ0v) is 19.3. The number of ether oxygens (including phenoxy) is 1. The van der Waals surface area contributed by atoms with Crippen LogP contribution >= 0.6 is 0 Å². The maximum atomic E-state index is 14.4. The molecule has 0 spiro atoms. The van der Waals surface area contributed by atoms with Crippen molar-refractivity contribution < 1.29 is 18.6 Å². The highest BCUT2D eigenvalue weighted by molar-refractivity contribution is 5.50. The van der Waals surface area contributed by atoms with Crippen LogP contribution in [0.2, 0.25) is 0 Å². The number of imidazole rings is 1. The number of pyridine rings is 1. The first-order valence-electron chi connectivity index (χ1n) is 10.7. The fourth-order valence-electron chi connectivity index (χ4n) is 4.06. The molecule has 2 aromatic carbocycles. The van der Waals surface area contributed by atoms with Gasteiger partial charge in [-0.25, -0.2) is 13.8 Å². The van der Waals surface area contributed by atoms with E-state index in [1.54, 1.807) is 50.6 Å². The monoisotopic (exact) mass is 465 g/mol. The molecule has 0 radical (unpaired) electrons. The molecule has 2 heterocycles. The maximum Gasteiger partial charge on any atom is 0.257 e. The zero-order chi connectivity index (χ0) is 24.6. The van der Waals surface area contributed by atoms with Crippen molar-refractivity contribution in [2.75, 3.05) is 7.11 Å². The zero-order valence-electron chi connectivity index (χ0n) is 19.3. The van der Waals surface area contributed by atoms with Gasteiger partial charge in [0.05, 0.1) is 36.4 Å². The van der Waals surface area contributed by atoms with E-state index in [0.29, 0.717) is 16.9 Å².